The quantitative estimate of drug-likeness (QED) is 0.0390. The van der Waals surface area contributed by atoms with Crippen molar-refractivity contribution < 1.29 is 28.6 Å². The average molecular weight is 639 g/mol. The van der Waals surface area contributed by atoms with E-state index < -0.39 is 6.10 Å². The van der Waals surface area contributed by atoms with Crippen molar-refractivity contribution in [2.24, 2.45) is 0 Å². The summed E-state index contributed by atoms with van der Waals surface area (Å²) >= 11 is 0. The molecule has 1 atom stereocenters. The maximum absolute atomic E-state index is 12.5. The normalized spacial score (nSPS) is 11.8. The summed E-state index contributed by atoms with van der Waals surface area (Å²) in [6.07, 6.45) is 32.4. The minimum absolute atomic E-state index is 0.0646. The molecule has 6 nitrogen and oxygen atoms in total. The zero-order valence-corrected chi connectivity index (χ0v) is 30.2. The highest BCUT2D eigenvalue weighted by Crippen LogP contribution is 2.14. The van der Waals surface area contributed by atoms with E-state index in [9.17, 15) is 14.4 Å². The van der Waals surface area contributed by atoms with Crippen LogP contribution in [0, 0.1) is 0 Å². The molecule has 0 aromatic heterocycles. The lowest BCUT2D eigenvalue weighted by Gasteiger charge is -2.18. The van der Waals surface area contributed by atoms with Crippen molar-refractivity contribution in [3.8, 4) is 0 Å². The Hall–Kier alpha value is -1.59. The van der Waals surface area contributed by atoms with E-state index in [1.54, 1.807) is 0 Å². The average Bonchev–Trinajstić information content (AvgIpc) is 3.03. The zero-order chi connectivity index (χ0) is 33.1. The van der Waals surface area contributed by atoms with Crippen LogP contribution in [-0.2, 0) is 28.6 Å². The Balaban J connectivity index is 4.30. The first-order valence-corrected chi connectivity index (χ1v) is 19.5. The van der Waals surface area contributed by atoms with Gasteiger partial charge < -0.3 is 14.2 Å². The highest BCUT2D eigenvalue weighted by Gasteiger charge is 2.19. The summed E-state index contributed by atoms with van der Waals surface area (Å²) in [5, 5.41) is 0. The monoisotopic (exact) mass is 639 g/mol. The van der Waals surface area contributed by atoms with Crippen LogP contribution >= 0.6 is 0 Å². The van der Waals surface area contributed by atoms with Crippen LogP contribution in [0.3, 0.4) is 0 Å². The Kier molecular flexibility index (Phi) is 34.0. The first kappa shape index (κ1) is 43.4. The van der Waals surface area contributed by atoms with Gasteiger partial charge >= 0.3 is 17.9 Å². The molecule has 0 fully saturated rings. The number of carbonyl (C=O) groups excluding carboxylic acids is 3. The van der Waals surface area contributed by atoms with Crippen molar-refractivity contribution >= 4 is 17.9 Å². The number of ether oxygens (including phenoxy) is 3. The second-order valence-electron chi connectivity index (χ2n) is 13.2. The fourth-order valence-electron chi connectivity index (χ4n) is 5.62. The molecule has 0 N–H and O–H groups in total. The molecule has 0 aliphatic heterocycles. The van der Waals surface area contributed by atoms with Gasteiger partial charge in [0.05, 0.1) is 0 Å². The molecule has 45 heavy (non-hydrogen) atoms. The molecule has 0 saturated heterocycles. The predicted octanol–water partition coefficient (Wildman–Crippen LogP) is 11.7. The van der Waals surface area contributed by atoms with Crippen LogP contribution in [-0.4, -0.2) is 37.2 Å². The summed E-state index contributed by atoms with van der Waals surface area (Å²) in [6, 6.07) is 0. The third-order valence-electron chi connectivity index (χ3n) is 8.61. The second kappa shape index (κ2) is 35.3. The van der Waals surface area contributed by atoms with Gasteiger partial charge in [0, 0.05) is 19.3 Å². The first-order valence-electron chi connectivity index (χ1n) is 19.5. The fraction of sp³-hybridized carbons (Fsp3) is 0.923. The van der Waals surface area contributed by atoms with Crippen LogP contribution < -0.4 is 0 Å². The predicted molar refractivity (Wildman–Crippen MR) is 187 cm³/mol. The second-order valence-corrected chi connectivity index (χ2v) is 13.2. The molecule has 0 aromatic carbocycles. The molecule has 0 rings (SSSR count). The van der Waals surface area contributed by atoms with Gasteiger partial charge in [-0.2, -0.15) is 0 Å². The van der Waals surface area contributed by atoms with Gasteiger partial charge in [-0.15, -0.1) is 0 Å². The summed E-state index contributed by atoms with van der Waals surface area (Å²) in [4.78, 5) is 37.3. The Morgan fingerprint density at radius 1 is 0.356 bits per heavy atom. The molecule has 0 aromatic rings. The zero-order valence-electron chi connectivity index (χ0n) is 30.2. The summed E-state index contributed by atoms with van der Waals surface area (Å²) in [5.74, 6) is -0.872. The highest BCUT2D eigenvalue weighted by atomic mass is 16.6. The largest absolute Gasteiger partial charge is 0.462 e. The van der Waals surface area contributed by atoms with Gasteiger partial charge in [-0.05, 0) is 19.3 Å². The van der Waals surface area contributed by atoms with E-state index in [2.05, 4.69) is 20.8 Å². The lowest BCUT2D eigenvalue weighted by molar-refractivity contribution is -0.167. The smallest absolute Gasteiger partial charge is 0.306 e. The van der Waals surface area contributed by atoms with E-state index in [4.69, 9.17) is 14.2 Å². The Bertz CT molecular complexity index is 664. The summed E-state index contributed by atoms with van der Waals surface area (Å²) < 4.78 is 16.5. The van der Waals surface area contributed by atoms with Crippen molar-refractivity contribution in [2.45, 2.75) is 219 Å². The molecule has 0 amide bonds. The molecule has 0 unspecified atom stereocenters. The minimum Gasteiger partial charge on any atom is -0.462 e. The van der Waals surface area contributed by atoms with Crippen LogP contribution in [0.2, 0.25) is 0 Å². The first-order chi connectivity index (χ1) is 22.0. The minimum atomic E-state index is -0.754. The Morgan fingerprint density at radius 3 is 0.889 bits per heavy atom. The van der Waals surface area contributed by atoms with E-state index in [0.717, 1.165) is 57.8 Å². The van der Waals surface area contributed by atoms with Crippen molar-refractivity contribution in [3.05, 3.63) is 0 Å². The van der Waals surface area contributed by atoms with Gasteiger partial charge in [0.1, 0.15) is 13.2 Å². The van der Waals surface area contributed by atoms with Gasteiger partial charge in [0.2, 0.25) is 0 Å². The van der Waals surface area contributed by atoms with Crippen LogP contribution in [0.5, 0.6) is 0 Å². The van der Waals surface area contributed by atoms with E-state index in [0.29, 0.717) is 19.3 Å². The lowest BCUT2D eigenvalue weighted by Crippen LogP contribution is -2.30. The van der Waals surface area contributed by atoms with E-state index in [1.807, 2.05) is 0 Å². The molecular weight excluding hydrogens is 564 g/mol. The lowest BCUT2D eigenvalue weighted by atomic mass is 10.1. The molecule has 266 valence electrons. The van der Waals surface area contributed by atoms with Crippen LogP contribution in [0.4, 0.5) is 0 Å². The van der Waals surface area contributed by atoms with Crippen molar-refractivity contribution in [3.63, 3.8) is 0 Å². The van der Waals surface area contributed by atoms with Gasteiger partial charge in [0.15, 0.2) is 6.10 Å². The molecule has 0 radical (unpaired) electrons. The molecule has 0 aliphatic rings. The third kappa shape index (κ3) is 33.6. The van der Waals surface area contributed by atoms with E-state index in [1.165, 1.54) is 116 Å². The van der Waals surface area contributed by atoms with Gasteiger partial charge in [-0.1, -0.05) is 175 Å². The molecule has 6 heteroatoms. The molecule has 0 heterocycles. The maximum Gasteiger partial charge on any atom is 0.306 e. The van der Waals surface area contributed by atoms with E-state index >= 15 is 0 Å². The number of rotatable bonds is 35. The number of unbranched alkanes of at least 4 members (excludes halogenated alkanes) is 24. The molecule has 0 spiro atoms. The molecule has 0 bridgehead atoms. The topological polar surface area (TPSA) is 78.9 Å². The number of esters is 3. The number of carbonyl (C=O) groups is 3. The van der Waals surface area contributed by atoms with Crippen LogP contribution in [0.15, 0.2) is 0 Å². The fourth-order valence-corrected chi connectivity index (χ4v) is 5.62. The van der Waals surface area contributed by atoms with Gasteiger partial charge in [0.25, 0.3) is 0 Å². The summed E-state index contributed by atoms with van der Waals surface area (Å²) in [6.45, 7) is 6.56. The van der Waals surface area contributed by atoms with Gasteiger partial charge in [-0.25, -0.2) is 0 Å². The Labute approximate surface area is 278 Å². The standard InChI is InChI=1S/C39H74O6/c1-4-7-10-13-16-18-19-21-24-26-29-32-38(41)44-35-36(45-39(42)33-30-27-22-15-12-9-6-3)34-43-37(40)31-28-25-23-20-17-14-11-8-5-2/h36H,4-35H2,1-3H3/t36-/m1/s1. The SMILES string of the molecule is CCCCCCCCCCCCCC(=O)OC[C@@H](COC(=O)CCCCCCCCCCC)OC(=O)CCCCCCCCC. The summed E-state index contributed by atoms with van der Waals surface area (Å²) in [7, 11) is 0. The number of hydrogen-bond acceptors (Lipinski definition) is 6. The summed E-state index contributed by atoms with van der Waals surface area (Å²) in [5.41, 5.74) is 0. The molecular formula is C39H74O6. The van der Waals surface area contributed by atoms with Gasteiger partial charge in [-0.3, -0.25) is 14.4 Å². The van der Waals surface area contributed by atoms with E-state index in [-0.39, 0.29) is 31.1 Å². The molecule has 0 aliphatic carbocycles. The highest BCUT2D eigenvalue weighted by molar-refractivity contribution is 5.71. The van der Waals surface area contributed by atoms with Crippen molar-refractivity contribution in [1.29, 1.82) is 0 Å². The van der Waals surface area contributed by atoms with Crippen molar-refractivity contribution in [2.75, 3.05) is 13.2 Å². The van der Waals surface area contributed by atoms with Crippen LogP contribution in [0.25, 0.3) is 0 Å². The van der Waals surface area contributed by atoms with Crippen molar-refractivity contribution in [1.82, 2.24) is 0 Å². The third-order valence-corrected chi connectivity index (χ3v) is 8.61. The molecule has 0 saturated carbocycles. The van der Waals surface area contributed by atoms with Crippen LogP contribution in [0.1, 0.15) is 213 Å². The Morgan fingerprint density at radius 2 is 0.600 bits per heavy atom. The maximum atomic E-state index is 12.5. The number of hydrogen-bond donors (Lipinski definition) is 0.